The number of phenolic OH excluding ortho intramolecular Hbond substituents is 2. The van der Waals surface area contributed by atoms with E-state index in [0.29, 0.717) is 11.3 Å². The molecule has 0 aliphatic carbocycles. The maximum atomic E-state index is 9.60. The van der Waals surface area contributed by atoms with Crippen molar-refractivity contribution >= 4 is 11.9 Å². The average Bonchev–Trinajstić information content (AvgIpc) is 2.41. The van der Waals surface area contributed by atoms with Crippen molar-refractivity contribution in [1.82, 2.24) is 0 Å². The lowest BCUT2D eigenvalue weighted by Crippen LogP contribution is -1.83. The second-order valence-electron chi connectivity index (χ2n) is 3.80. The molecule has 4 nitrogen and oxygen atoms in total. The van der Waals surface area contributed by atoms with Crippen molar-refractivity contribution in [3.05, 3.63) is 53.6 Å². The van der Waals surface area contributed by atoms with Gasteiger partial charge in [0, 0.05) is 11.8 Å². The van der Waals surface area contributed by atoms with Crippen molar-refractivity contribution < 1.29 is 15.3 Å². The van der Waals surface area contributed by atoms with E-state index < -0.39 is 0 Å². The van der Waals surface area contributed by atoms with Crippen molar-refractivity contribution in [3.63, 3.8) is 0 Å². The van der Waals surface area contributed by atoms with E-state index in [1.165, 1.54) is 12.3 Å². The molecule has 0 aromatic heterocycles. The second kappa shape index (κ2) is 5.33. The van der Waals surface area contributed by atoms with E-state index in [-0.39, 0.29) is 18.1 Å². The van der Waals surface area contributed by atoms with Gasteiger partial charge < -0.3 is 15.3 Å². The van der Waals surface area contributed by atoms with Gasteiger partial charge in [0.05, 0.1) is 12.3 Å². The number of nitrogens with zero attached hydrogens (tertiary/aromatic N) is 1. The smallest absolute Gasteiger partial charge is 0.166 e. The number of aromatic hydroxyl groups is 2. The zero-order valence-corrected chi connectivity index (χ0v) is 9.61. The molecule has 0 unspecified atom stereocenters. The topological polar surface area (TPSA) is 73.1 Å². The predicted octanol–water partition coefficient (Wildman–Crippen LogP) is 2.34. The molecule has 0 saturated heterocycles. The molecule has 0 fully saturated rings. The lowest BCUT2D eigenvalue weighted by molar-refractivity contribution is 0.282. The van der Waals surface area contributed by atoms with Gasteiger partial charge in [-0.25, -0.2) is 0 Å². The molecule has 0 saturated carbocycles. The van der Waals surface area contributed by atoms with E-state index >= 15 is 0 Å². The summed E-state index contributed by atoms with van der Waals surface area (Å²) in [7, 11) is 0. The molecule has 0 bridgehead atoms. The quantitative estimate of drug-likeness (QED) is 0.572. The van der Waals surface area contributed by atoms with Gasteiger partial charge in [0.1, 0.15) is 0 Å². The first-order chi connectivity index (χ1) is 8.70. The van der Waals surface area contributed by atoms with Gasteiger partial charge in [0.25, 0.3) is 0 Å². The number of hydrogen-bond acceptors (Lipinski definition) is 4. The first kappa shape index (κ1) is 12.1. The molecule has 92 valence electrons. The van der Waals surface area contributed by atoms with E-state index in [4.69, 9.17) is 5.11 Å². The molecular weight excluding hydrogens is 230 g/mol. The second-order valence-corrected chi connectivity index (χ2v) is 3.80. The zero-order valence-electron chi connectivity index (χ0n) is 9.61. The Bertz CT molecular complexity index is 579. The van der Waals surface area contributed by atoms with Crippen LogP contribution < -0.4 is 0 Å². The normalized spacial score (nSPS) is 10.9. The van der Waals surface area contributed by atoms with Crippen LogP contribution in [0.25, 0.3) is 0 Å². The van der Waals surface area contributed by atoms with Gasteiger partial charge in [-0.2, -0.15) is 0 Å². The number of aliphatic imine (C=N–C) groups is 1. The van der Waals surface area contributed by atoms with Gasteiger partial charge in [0.15, 0.2) is 11.5 Å². The number of hydrogen-bond donors (Lipinski definition) is 3. The molecule has 0 atom stereocenters. The van der Waals surface area contributed by atoms with Gasteiger partial charge >= 0.3 is 0 Å². The predicted molar refractivity (Wildman–Crippen MR) is 69.4 cm³/mol. The third-order valence-corrected chi connectivity index (χ3v) is 2.49. The molecule has 0 heterocycles. The lowest BCUT2D eigenvalue weighted by Gasteiger charge is -2.01. The van der Waals surface area contributed by atoms with Crippen LogP contribution in [0.5, 0.6) is 11.5 Å². The van der Waals surface area contributed by atoms with Crippen molar-refractivity contribution in [2.45, 2.75) is 6.61 Å². The van der Waals surface area contributed by atoms with Crippen molar-refractivity contribution in [2.24, 2.45) is 4.99 Å². The highest BCUT2D eigenvalue weighted by Crippen LogP contribution is 2.27. The summed E-state index contributed by atoms with van der Waals surface area (Å²) in [6, 6.07) is 11.8. The minimum atomic E-state index is -0.195. The van der Waals surface area contributed by atoms with Crippen LogP contribution in [0.4, 0.5) is 5.69 Å². The Kier molecular flexibility index (Phi) is 3.60. The standard InChI is InChI=1S/C14H13NO3/c16-9-10-3-1-5-12(7-10)15-8-11-4-2-6-13(17)14(11)18/h1-8,16-18H,9H2/b15-8+. The Hall–Kier alpha value is -2.33. The molecule has 3 N–H and O–H groups in total. The lowest BCUT2D eigenvalue weighted by atomic mass is 10.2. The Morgan fingerprint density at radius 1 is 1.06 bits per heavy atom. The molecule has 18 heavy (non-hydrogen) atoms. The molecule has 0 aliphatic rings. The van der Waals surface area contributed by atoms with Crippen molar-refractivity contribution in [3.8, 4) is 11.5 Å². The van der Waals surface area contributed by atoms with Gasteiger partial charge in [-0.05, 0) is 29.8 Å². The van der Waals surface area contributed by atoms with E-state index in [2.05, 4.69) is 4.99 Å². The van der Waals surface area contributed by atoms with E-state index in [9.17, 15) is 10.2 Å². The fourth-order valence-electron chi connectivity index (χ4n) is 1.53. The first-order valence-electron chi connectivity index (χ1n) is 5.45. The molecule has 0 aliphatic heterocycles. The molecule has 4 heteroatoms. The summed E-state index contributed by atoms with van der Waals surface area (Å²) in [6.07, 6.45) is 1.46. The number of benzene rings is 2. The summed E-state index contributed by atoms with van der Waals surface area (Å²) in [5, 5.41) is 27.9. The van der Waals surface area contributed by atoms with Gasteiger partial charge in [-0.1, -0.05) is 18.2 Å². The SMILES string of the molecule is OCc1cccc(/N=C/c2cccc(O)c2O)c1. The van der Waals surface area contributed by atoms with Crippen LogP contribution in [0.1, 0.15) is 11.1 Å². The minimum absolute atomic E-state index is 0.0409. The van der Waals surface area contributed by atoms with Crippen LogP contribution in [0.15, 0.2) is 47.5 Å². The largest absolute Gasteiger partial charge is 0.504 e. The van der Waals surface area contributed by atoms with Crippen LogP contribution in [0.2, 0.25) is 0 Å². The molecule has 2 aromatic rings. The summed E-state index contributed by atoms with van der Waals surface area (Å²) in [5.74, 6) is -0.373. The Balaban J connectivity index is 2.27. The maximum Gasteiger partial charge on any atom is 0.166 e. The van der Waals surface area contributed by atoms with Crippen LogP contribution in [0.3, 0.4) is 0 Å². The first-order valence-corrected chi connectivity index (χ1v) is 5.45. The molecule has 2 aromatic carbocycles. The zero-order chi connectivity index (χ0) is 13.0. The monoisotopic (exact) mass is 243 g/mol. The Labute approximate surface area is 104 Å². The Morgan fingerprint density at radius 2 is 1.83 bits per heavy atom. The summed E-state index contributed by atoms with van der Waals surface area (Å²) in [4.78, 5) is 4.18. The summed E-state index contributed by atoms with van der Waals surface area (Å²) in [5.41, 5.74) is 1.87. The number of aliphatic hydroxyl groups excluding tert-OH is 1. The van der Waals surface area contributed by atoms with E-state index in [0.717, 1.165) is 5.56 Å². The molecule has 2 rings (SSSR count). The Morgan fingerprint density at radius 3 is 2.61 bits per heavy atom. The minimum Gasteiger partial charge on any atom is -0.504 e. The molecular formula is C14H13NO3. The maximum absolute atomic E-state index is 9.60. The number of phenols is 2. The summed E-state index contributed by atoms with van der Waals surface area (Å²) in [6.45, 7) is -0.0409. The van der Waals surface area contributed by atoms with E-state index in [1.54, 1.807) is 36.4 Å². The highest BCUT2D eigenvalue weighted by molar-refractivity contribution is 5.86. The molecule has 0 radical (unpaired) electrons. The van der Waals surface area contributed by atoms with Gasteiger partial charge in [-0.15, -0.1) is 0 Å². The number of rotatable bonds is 3. The molecule has 0 amide bonds. The fourth-order valence-corrected chi connectivity index (χ4v) is 1.53. The van der Waals surface area contributed by atoms with Crippen LogP contribution in [-0.2, 0) is 6.61 Å². The van der Waals surface area contributed by atoms with Crippen molar-refractivity contribution in [1.29, 1.82) is 0 Å². The van der Waals surface area contributed by atoms with Crippen LogP contribution >= 0.6 is 0 Å². The fraction of sp³-hybridized carbons (Fsp3) is 0.0714. The molecule has 0 spiro atoms. The number of aliphatic hydroxyl groups is 1. The van der Waals surface area contributed by atoms with Gasteiger partial charge in [0.2, 0.25) is 0 Å². The van der Waals surface area contributed by atoms with Gasteiger partial charge in [-0.3, -0.25) is 4.99 Å². The summed E-state index contributed by atoms with van der Waals surface area (Å²) >= 11 is 0. The third-order valence-electron chi connectivity index (χ3n) is 2.49. The highest BCUT2D eigenvalue weighted by Gasteiger charge is 2.02. The van der Waals surface area contributed by atoms with Crippen LogP contribution in [-0.4, -0.2) is 21.5 Å². The summed E-state index contributed by atoms with van der Waals surface area (Å²) < 4.78 is 0. The average molecular weight is 243 g/mol. The van der Waals surface area contributed by atoms with Crippen LogP contribution in [0, 0.1) is 0 Å². The van der Waals surface area contributed by atoms with Crippen molar-refractivity contribution in [2.75, 3.05) is 0 Å². The van der Waals surface area contributed by atoms with E-state index in [1.807, 2.05) is 0 Å². The number of para-hydroxylation sites is 1. The highest BCUT2D eigenvalue weighted by atomic mass is 16.3. The third kappa shape index (κ3) is 2.67.